The number of carboxylic acid groups (broad SMARTS) is 1. The highest BCUT2D eigenvalue weighted by Gasteiger charge is 2.37. The van der Waals surface area contributed by atoms with E-state index in [2.05, 4.69) is 13.5 Å². The average molecular weight is 505 g/mol. The molecule has 2 N–H and O–H groups in total. The lowest BCUT2D eigenvalue weighted by molar-refractivity contribution is -0.133. The number of aliphatic carboxylic acids is 1. The van der Waals surface area contributed by atoms with Crippen molar-refractivity contribution in [1.82, 2.24) is 4.90 Å². The smallest absolute Gasteiger partial charge is 0.328 e. The number of thiophene rings is 1. The van der Waals surface area contributed by atoms with E-state index in [1.807, 2.05) is 0 Å². The van der Waals surface area contributed by atoms with Gasteiger partial charge in [-0.3, -0.25) is 14.5 Å². The molecule has 7 nitrogen and oxygen atoms in total. The molecule has 0 aliphatic rings. The number of aliphatic hydroxyl groups is 1. The molecule has 0 saturated heterocycles. The molecule has 2 rings (SSSR count). The second-order valence-electron chi connectivity index (χ2n) is 7.48. The van der Waals surface area contributed by atoms with Crippen LogP contribution < -0.4 is 4.90 Å². The van der Waals surface area contributed by atoms with E-state index in [4.69, 9.17) is 16.7 Å². The van der Waals surface area contributed by atoms with E-state index in [1.54, 1.807) is 46.7 Å². The molecule has 1 heterocycles. The summed E-state index contributed by atoms with van der Waals surface area (Å²) >= 11 is 7.77. The largest absolute Gasteiger partial charge is 0.478 e. The first kappa shape index (κ1) is 27.3. The Morgan fingerprint density at radius 1 is 1.18 bits per heavy atom. The Hall–Kier alpha value is -2.94. The normalized spacial score (nSPS) is 11.9. The molecule has 1 aromatic carbocycles. The third-order valence-corrected chi connectivity index (χ3v) is 6.31. The van der Waals surface area contributed by atoms with Gasteiger partial charge in [0.15, 0.2) is 6.04 Å². The Morgan fingerprint density at radius 2 is 1.94 bits per heavy atom. The number of halogens is 1. The van der Waals surface area contributed by atoms with Gasteiger partial charge in [0.1, 0.15) is 0 Å². The summed E-state index contributed by atoms with van der Waals surface area (Å²) in [4.78, 5) is 41.8. The van der Waals surface area contributed by atoms with E-state index in [-0.39, 0.29) is 23.2 Å². The fraction of sp³-hybridized carbons (Fsp3) is 0.320. The van der Waals surface area contributed by atoms with E-state index in [1.165, 1.54) is 16.2 Å². The minimum atomic E-state index is -1.30. The van der Waals surface area contributed by atoms with Crippen LogP contribution in [-0.4, -0.2) is 46.0 Å². The topological polar surface area (TPSA) is 98.2 Å². The van der Waals surface area contributed by atoms with Crippen molar-refractivity contribution in [3.63, 3.8) is 0 Å². The predicted octanol–water partition coefficient (Wildman–Crippen LogP) is 4.81. The number of para-hydroxylation sites is 1. The zero-order valence-corrected chi connectivity index (χ0v) is 20.6. The number of nitrogens with zero attached hydrogens (tertiary/aromatic N) is 2. The molecule has 34 heavy (non-hydrogen) atoms. The summed E-state index contributed by atoms with van der Waals surface area (Å²) in [6.07, 6.45) is 5.93. The first-order valence-electron chi connectivity index (χ1n) is 10.9. The first-order chi connectivity index (χ1) is 16.3. The van der Waals surface area contributed by atoms with Gasteiger partial charge in [-0.05, 0) is 23.9 Å². The van der Waals surface area contributed by atoms with Gasteiger partial charge in [-0.1, -0.05) is 55.6 Å². The number of carbonyl (C=O) groups is 3. The van der Waals surface area contributed by atoms with Crippen LogP contribution in [0.15, 0.2) is 60.5 Å². The third-order valence-electron chi connectivity index (χ3n) is 5.09. The van der Waals surface area contributed by atoms with E-state index < -0.39 is 24.5 Å². The third kappa shape index (κ3) is 7.03. The average Bonchev–Trinajstić information content (AvgIpc) is 3.34. The van der Waals surface area contributed by atoms with Gasteiger partial charge in [0.2, 0.25) is 0 Å². The lowest BCUT2D eigenvalue weighted by Gasteiger charge is -2.35. The highest BCUT2D eigenvalue weighted by atomic mass is 35.5. The maximum Gasteiger partial charge on any atom is 0.328 e. The molecular formula is C25H29ClN2O5S. The fourth-order valence-electron chi connectivity index (χ4n) is 3.53. The highest BCUT2D eigenvalue weighted by molar-refractivity contribution is 7.10. The monoisotopic (exact) mass is 504 g/mol. The molecule has 0 spiro atoms. The molecule has 2 aromatic rings. The number of rotatable bonds is 13. The standard InChI is InChI=1S/C25H29ClN2O5S/c1-3-5-6-15-27(14-4-2)25(33)24(20-11-8-16-34-20)28(21(30)12-13-22(31)32)23-18(17-29)9-7-10-19(23)26/h4,7-13,16,24,29H,2-3,5-6,14-15,17H2,1H3,(H,31,32)/b13-12-. The van der Waals surface area contributed by atoms with Crippen LogP contribution in [0.25, 0.3) is 0 Å². The van der Waals surface area contributed by atoms with Gasteiger partial charge < -0.3 is 15.1 Å². The number of benzene rings is 1. The summed E-state index contributed by atoms with van der Waals surface area (Å²) in [6, 6.07) is 7.17. The Morgan fingerprint density at radius 3 is 2.53 bits per heavy atom. The minimum Gasteiger partial charge on any atom is -0.478 e. The maximum atomic E-state index is 13.9. The number of carbonyl (C=O) groups excluding carboxylic acids is 2. The van der Waals surface area contributed by atoms with Gasteiger partial charge in [0, 0.05) is 35.7 Å². The van der Waals surface area contributed by atoms with Crippen molar-refractivity contribution in [2.75, 3.05) is 18.0 Å². The summed E-state index contributed by atoms with van der Waals surface area (Å²) in [5, 5.41) is 21.0. The number of anilines is 1. The molecule has 1 unspecified atom stereocenters. The molecule has 1 atom stereocenters. The second-order valence-corrected chi connectivity index (χ2v) is 8.87. The Balaban J connectivity index is 2.70. The molecule has 0 saturated carbocycles. The van der Waals surface area contributed by atoms with Crippen molar-refractivity contribution in [3.8, 4) is 0 Å². The Labute approximate surface area is 208 Å². The number of carboxylic acids is 1. The summed E-state index contributed by atoms with van der Waals surface area (Å²) < 4.78 is 0. The fourth-order valence-corrected chi connectivity index (χ4v) is 4.62. The summed E-state index contributed by atoms with van der Waals surface area (Å²) in [7, 11) is 0. The van der Waals surface area contributed by atoms with Crippen molar-refractivity contribution in [3.05, 3.63) is 76.0 Å². The van der Waals surface area contributed by atoms with E-state index >= 15 is 0 Å². The van der Waals surface area contributed by atoms with Crippen molar-refractivity contribution in [2.24, 2.45) is 0 Å². The number of hydrogen-bond donors (Lipinski definition) is 2. The van der Waals surface area contributed by atoms with E-state index in [0.717, 1.165) is 25.3 Å². The lowest BCUT2D eigenvalue weighted by atomic mass is 10.1. The number of unbranched alkanes of at least 4 members (excludes halogenated alkanes) is 2. The molecule has 182 valence electrons. The van der Waals surface area contributed by atoms with Crippen LogP contribution in [0.1, 0.15) is 42.7 Å². The molecule has 0 aliphatic heterocycles. The highest BCUT2D eigenvalue weighted by Crippen LogP contribution is 2.38. The van der Waals surface area contributed by atoms with Crippen LogP contribution >= 0.6 is 22.9 Å². The predicted molar refractivity (Wildman–Crippen MR) is 135 cm³/mol. The van der Waals surface area contributed by atoms with Crippen LogP contribution in [0, 0.1) is 0 Å². The van der Waals surface area contributed by atoms with Crippen molar-refractivity contribution in [1.29, 1.82) is 0 Å². The van der Waals surface area contributed by atoms with Crippen LogP contribution in [0.4, 0.5) is 5.69 Å². The Kier molecular flexibility index (Phi) is 11.0. The summed E-state index contributed by atoms with van der Waals surface area (Å²) in [5.74, 6) is -2.40. The van der Waals surface area contributed by atoms with Crippen LogP contribution in [0.5, 0.6) is 0 Å². The number of aliphatic hydroxyl groups excluding tert-OH is 1. The Bertz CT molecular complexity index is 1020. The molecule has 0 fully saturated rings. The molecule has 9 heteroatoms. The quantitative estimate of drug-likeness (QED) is 0.231. The first-order valence-corrected chi connectivity index (χ1v) is 12.2. The molecule has 0 aliphatic carbocycles. The summed E-state index contributed by atoms with van der Waals surface area (Å²) in [6.45, 7) is 6.16. The van der Waals surface area contributed by atoms with E-state index in [9.17, 15) is 19.5 Å². The zero-order valence-electron chi connectivity index (χ0n) is 19.0. The maximum absolute atomic E-state index is 13.9. The van der Waals surface area contributed by atoms with Gasteiger partial charge in [-0.2, -0.15) is 0 Å². The molecule has 1 aromatic heterocycles. The molecular weight excluding hydrogens is 476 g/mol. The van der Waals surface area contributed by atoms with Crippen molar-refractivity contribution < 1.29 is 24.6 Å². The molecule has 0 radical (unpaired) electrons. The lowest BCUT2D eigenvalue weighted by Crippen LogP contribution is -2.46. The van der Waals surface area contributed by atoms with Crippen molar-refractivity contribution in [2.45, 2.75) is 38.8 Å². The van der Waals surface area contributed by atoms with Gasteiger partial charge in [-0.25, -0.2) is 4.79 Å². The van der Waals surface area contributed by atoms with Crippen molar-refractivity contribution >= 4 is 46.4 Å². The zero-order chi connectivity index (χ0) is 25.1. The van der Waals surface area contributed by atoms with Crippen LogP contribution in [0.3, 0.4) is 0 Å². The second kappa shape index (κ2) is 13.7. The van der Waals surface area contributed by atoms with E-state index in [0.29, 0.717) is 23.1 Å². The SMILES string of the molecule is C=CCN(CCCCC)C(=O)C(c1cccs1)N(C(=O)/C=C\C(=O)O)c1c(Cl)cccc1CO. The number of hydrogen-bond acceptors (Lipinski definition) is 5. The number of amides is 2. The van der Waals surface area contributed by atoms with Gasteiger partial charge >= 0.3 is 5.97 Å². The van der Waals surface area contributed by atoms with Crippen LogP contribution in [0.2, 0.25) is 5.02 Å². The van der Waals surface area contributed by atoms with Gasteiger partial charge in [0.25, 0.3) is 11.8 Å². The summed E-state index contributed by atoms with van der Waals surface area (Å²) in [5.41, 5.74) is 0.491. The van der Waals surface area contributed by atoms with Gasteiger partial charge in [0.05, 0.1) is 17.3 Å². The molecule has 2 amide bonds. The van der Waals surface area contributed by atoms with Crippen LogP contribution in [-0.2, 0) is 21.0 Å². The minimum absolute atomic E-state index is 0.152. The molecule has 0 bridgehead atoms. The van der Waals surface area contributed by atoms with Gasteiger partial charge in [-0.15, -0.1) is 17.9 Å².